The van der Waals surface area contributed by atoms with Crippen LogP contribution in [-0.4, -0.2) is 28.6 Å². The number of aromatic nitrogens is 1. The molecule has 4 N–H and O–H groups in total. The van der Waals surface area contributed by atoms with E-state index in [0.717, 1.165) is 16.5 Å². The zero-order chi connectivity index (χ0) is 16.3. The van der Waals surface area contributed by atoms with E-state index in [9.17, 15) is 9.59 Å². The van der Waals surface area contributed by atoms with Crippen LogP contribution >= 0.6 is 0 Å². The van der Waals surface area contributed by atoms with Gasteiger partial charge < -0.3 is 20.8 Å². The molecule has 1 atom stereocenters. The van der Waals surface area contributed by atoms with Crippen LogP contribution in [-0.2, 0) is 16.0 Å². The number of aromatic amines is 1. The number of carbonyl (C=O) groups excluding carboxylic acids is 2. The van der Waals surface area contributed by atoms with E-state index < -0.39 is 23.6 Å². The smallest absolute Gasteiger partial charge is 0.408 e. The van der Waals surface area contributed by atoms with E-state index >= 15 is 0 Å². The van der Waals surface area contributed by atoms with E-state index in [1.807, 2.05) is 30.5 Å². The van der Waals surface area contributed by atoms with Crippen molar-refractivity contribution in [2.75, 3.05) is 0 Å². The second kappa shape index (κ2) is 6.09. The molecule has 118 valence electrons. The first-order valence-corrected chi connectivity index (χ1v) is 7.10. The number of benzene rings is 1. The molecule has 2 amide bonds. The normalized spacial score (nSPS) is 12.9. The van der Waals surface area contributed by atoms with Crippen LogP contribution in [0.2, 0.25) is 0 Å². The van der Waals surface area contributed by atoms with E-state index in [4.69, 9.17) is 10.5 Å². The second-order valence-corrected chi connectivity index (χ2v) is 6.16. The molecule has 6 nitrogen and oxygen atoms in total. The Hall–Kier alpha value is -2.50. The quantitative estimate of drug-likeness (QED) is 0.806. The molecule has 0 unspecified atom stereocenters. The van der Waals surface area contributed by atoms with Gasteiger partial charge in [-0.15, -0.1) is 0 Å². The number of nitrogens with one attached hydrogen (secondary N) is 2. The number of hydrogen-bond donors (Lipinski definition) is 3. The second-order valence-electron chi connectivity index (χ2n) is 6.16. The molecular formula is C16H21N3O3. The summed E-state index contributed by atoms with van der Waals surface area (Å²) in [5.41, 5.74) is 6.64. The summed E-state index contributed by atoms with van der Waals surface area (Å²) in [6, 6.07) is 6.91. The molecule has 1 aromatic carbocycles. The van der Waals surface area contributed by atoms with Crippen LogP contribution in [0.3, 0.4) is 0 Å². The molecule has 1 heterocycles. The first-order chi connectivity index (χ1) is 10.3. The number of nitrogens with two attached hydrogens (primary N) is 1. The van der Waals surface area contributed by atoms with Gasteiger partial charge in [-0.3, -0.25) is 4.79 Å². The van der Waals surface area contributed by atoms with E-state index in [-0.39, 0.29) is 0 Å². The highest BCUT2D eigenvalue weighted by Crippen LogP contribution is 2.19. The minimum absolute atomic E-state index is 0.304. The van der Waals surface area contributed by atoms with Crippen LogP contribution < -0.4 is 11.1 Å². The highest BCUT2D eigenvalue weighted by Gasteiger charge is 2.23. The molecule has 6 heteroatoms. The molecule has 0 aliphatic heterocycles. The lowest BCUT2D eigenvalue weighted by molar-refractivity contribution is -0.120. The highest BCUT2D eigenvalue weighted by molar-refractivity contribution is 5.87. The van der Waals surface area contributed by atoms with E-state index in [1.54, 1.807) is 20.8 Å². The molecule has 0 radical (unpaired) electrons. The Bertz CT molecular complexity index is 685. The fourth-order valence-corrected chi connectivity index (χ4v) is 2.19. The number of hydrogen-bond acceptors (Lipinski definition) is 3. The Kier molecular flexibility index (Phi) is 4.40. The number of carbonyl (C=O) groups is 2. The average Bonchev–Trinajstić information content (AvgIpc) is 2.79. The number of alkyl carbamates (subject to hydrolysis) is 1. The Morgan fingerprint density at radius 1 is 1.32 bits per heavy atom. The highest BCUT2D eigenvalue weighted by atomic mass is 16.6. The molecule has 0 aliphatic carbocycles. The molecule has 0 fully saturated rings. The van der Waals surface area contributed by atoms with Crippen molar-refractivity contribution < 1.29 is 14.3 Å². The summed E-state index contributed by atoms with van der Waals surface area (Å²) in [4.78, 5) is 26.5. The van der Waals surface area contributed by atoms with Gasteiger partial charge in [-0.25, -0.2) is 4.79 Å². The monoisotopic (exact) mass is 303 g/mol. The van der Waals surface area contributed by atoms with Crippen molar-refractivity contribution in [2.45, 2.75) is 38.8 Å². The van der Waals surface area contributed by atoms with E-state index in [1.165, 1.54) is 0 Å². The van der Waals surface area contributed by atoms with Gasteiger partial charge in [-0.1, -0.05) is 18.2 Å². The van der Waals surface area contributed by atoms with Crippen LogP contribution in [0.25, 0.3) is 10.9 Å². The number of primary amides is 1. The molecule has 2 rings (SSSR count). The molecule has 0 saturated carbocycles. The summed E-state index contributed by atoms with van der Waals surface area (Å²) in [7, 11) is 0. The zero-order valence-corrected chi connectivity index (χ0v) is 13.0. The topological polar surface area (TPSA) is 97.2 Å². The first-order valence-electron chi connectivity index (χ1n) is 7.10. The number of fused-ring (bicyclic) bond motifs is 1. The summed E-state index contributed by atoms with van der Waals surface area (Å²) in [6.45, 7) is 5.27. The summed E-state index contributed by atoms with van der Waals surface area (Å²) < 4.78 is 5.16. The summed E-state index contributed by atoms with van der Waals surface area (Å²) in [5.74, 6) is -0.601. The SMILES string of the molecule is CC(C)(C)OC(=O)N[C@@H](Cc1c[nH]c2ccccc12)C(N)=O. The number of ether oxygens (including phenoxy) is 1. The van der Waals surface area contributed by atoms with Gasteiger partial charge in [0.2, 0.25) is 5.91 Å². The van der Waals surface area contributed by atoms with Crippen LogP contribution in [0.4, 0.5) is 4.79 Å². The summed E-state index contributed by atoms with van der Waals surface area (Å²) in [5, 5.41) is 3.53. The minimum Gasteiger partial charge on any atom is -0.444 e. The predicted molar refractivity (Wildman–Crippen MR) is 84.4 cm³/mol. The zero-order valence-electron chi connectivity index (χ0n) is 13.0. The van der Waals surface area contributed by atoms with Gasteiger partial charge in [0.05, 0.1) is 0 Å². The lowest BCUT2D eigenvalue weighted by Crippen LogP contribution is -2.47. The Morgan fingerprint density at radius 2 is 2.00 bits per heavy atom. The molecule has 0 aliphatic rings. The predicted octanol–water partition coefficient (Wildman–Crippen LogP) is 2.09. The number of rotatable bonds is 4. The Morgan fingerprint density at radius 3 is 2.64 bits per heavy atom. The van der Waals surface area contributed by atoms with Crippen molar-refractivity contribution >= 4 is 22.9 Å². The molecule has 1 aromatic heterocycles. The fraction of sp³-hybridized carbons (Fsp3) is 0.375. The van der Waals surface area contributed by atoms with E-state index in [2.05, 4.69) is 10.3 Å². The standard InChI is InChI=1S/C16H21N3O3/c1-16(2,3)22-15(21)19-13(14(17)20)8-10-9-18-12-7-5-4-6-11(10)12/h4-7,9,13,18H,8H2,1-3H3,(H2,17,20)(H,19,21)/t13-/m0/s1. The van der Waals surface area contributed by atoms with Crippen molar-refractivity contribution in [1.82, 2.24) is 10.3 Å². The maximum Gasteiger partial charge on any atom is 0.408 e. The van der Waals surface area contributed by atoms with Gasteiger partial charge in [0, 0.05) is 23.5 Å². The molecule has 0 bridgehead atoms. The maximum absolute atomic E-state index is 11.8. The van der Waals surface area contributed by atoms with Gasteiger partial charge in [-0.05, 0) is 32.4 Å². The lowest BCUT2D eigenvalue weighted by Gasteiger charge is -2.22. The van der Waals surface area contributed by atoms with E-state index in [0.29, 0.717) is 6.42 Å². The maximum atomic E-state index is 11.8. The van der Waals surface area contributed by atoms with Gasteiger partial charge in [0.15, 0.2) is 0 Å². The van der Waals surface area contributed by atoms with Crippen molar-refractivity contribution in [3.8, 4) is 0 Å². The van der Waals surface area contributed by atoms with Crippen LogP contribution in [0, 0.1) is 0 Å². The van der Waals surface area contributed by atoms with Crippen LogP contribution in [0.15, 0.2) is 30.5 Å². The Labute approximate surface area is 129 Å². The van der Waals surface area contributed by atoms with Gasteiger partial charge >= 0.3 is 6.09 Å². The largest absolute Gasteiger partial charge is 0.444 e. The molecule has 0 spiro atoms. The molecular weight excluding hydrogens is 282 g/mol. The average molecular weight is 303 g/mol. The summed E-state index contributed by atoms with van der Waals surface area (Å²) in [6.07, 6.45) is 1.46. The van der Waals surface area contributed by atoms with Crippen molar-refractivity contribution in [1.29, 1.82) is 0 Å². The minimum atomic E-state index is -0.825. The third kappa shape index (κ3) is 4.00. The van der Waals surface area contributed by atoms with Gasteiger partial charge in [-0.2, -0.15) is 0 Å². The number of H-pyrrole nitrogens is 1. The molecule has 22 heavy (non-hydrogen) atoms. The molecule has 0 saturated heterocycles. The number of para-hydroxylation sites is 1. The van der Waals surface area contributed by atoms with Crippen LogP contribution in [0.1, 0.15) is 26.3 Å². The third-order valence-electron chi connectivity index (χ3n) is 3.13. The third-order valence-corrected chi connectivity index (χ3v) is 3.13. The molecule has 2 aromatic rings. The lowest BCUT2D eigenvalue weighted by atomic mass is 10.0. The van der Waals surface area contributed by atoms with Crippen molar-refractivity contribution in [3.05, 3.63) is 36.0 Å². The first kappa shape index (κ1) is 15.9. The van der Waals surface area contributed by atoms with Crippen LogP contribution in [0.5, 0.6) is 0 Å². The van der Waals surface area contributed by atoms with Crippen molar-refractivity contribution in [3.63, 3.8) is 0 Å². The van der Waals surface area contributed by atoms with Gasteiger partial charge in [0.25, 0.3) is 0 Å². The Balaban J connectivity index is 2.12. The number of amides is 2. The summed E-state index contributed by atoms with van der Waals surface area (Å²) >= 11 is 0. The van der Waals surface area contributed by atoms with Gasteiger partial charge in [0.1, 0.15) is 11.6 Å². The van der Waals surface area contributed by atoms with Crippen molar-refractivity contribution in [2.24, 2.45) is 5.73 Å². The fourth-order valence-electron chi connectivity index (χ4n) is 2.19.